The summed E-state index contributed by atoms with van der Waals surface area (Å²) in [5, 5.41) is 9.83. The first-order valence-electron chi connectivity index (χ1n) is 6.24. The molecular weight excluding hydrogens is 198 g/mol. The Bertz CT molecular complexity index is 312. The van der Waals surface area contributed by atoms with Crippen LogP contribution in [0.25, 0.3) is 0 Å². The van der Waals surface area contributed by atoms with Crippen molar-refractivity contribution in [2.45, 2.75) is 32.4 Å². The van der Waals surface area contributed by atoms with Crippen LogP contribution < -0.4 is 0 Å². The molecular formula is C14H21NO. The van der Waals surface area contributed by atoms with Gasteiger partial charge in [0, 0.05) is 19.6 Å². The van der Waals surface area contributed by atoms with Crippen LogP contribution in [-0.2, 0) is 6.54 Å². The third-order valence-electron chi connectivity index (χ3n) is 3.55. The molecule has 0 saturated carbocycles. The van der Waals surface area contributed by atoms with Crippen molar-refractivity contribution in [2.75, 3.05) is 13.1 Å². The molecule has 0 radical (unpaired) electrons. The Balaban J connectivity index is 1.92. The number of benzene rings is 1. The summed E-state index contributed by atoms with van der Waals surface area (Å²) in [4.78, 5) is 2.45. The zero-order valence-electron chi connectivity index (χ0n) is 9.97. The molecule has 0 bridgehead atoms. The van der Waals surface area contributed by atoms with Gasteiger partial charge in [-0.05, 0) is 24.3 Å². The molecule has 88 valence electrons. The van der Waals surface area contributed by atoms with E-state index < -0.39 is 0 Å². The lowest BCUT2D eigenvalue weighted by molar-refractivity contribution is 0.0222. The first-order valence-corrected chi connectivity index (χ1v) is 6.24. The molecule has 1 fully saturated rings. The summed E-state index contributed by atoms with van der Waals surface area (Å²) in [6.07, 6.45) is 1.91. The topological polar surface area (TPSA) is 23.5 Å². The minimum Gasteiger partial charge on any atom is -0.393 e. The van der Waals surface area contributed by atoms with Gasteiger partial charge in [-0.1, -0.05) is 37.3 Å². The van der Waals surface area contributed by atoms with Crippen LogP contribution >= 0.6 is 0 Å². The SMILES string of the molecule is CCC1CN(Cc2ccccc2)CCC1O. The highest BCUT2D eigenvalue weighted by Gasteiger charge is 2.25. The van der Waals surface area contributed by atoms with Crippen molar-refractivity contribution in [3.8, 4) is 0 Å². The van der Waals surface area contributed by atoms with E-state index in [0.29, 0.717) is 5.92 Å². The zero-order chi connectivity index (χ0) is 11.4. The Labute approximate surface area is 97.9 Å². The van der Waals surface area contributed by atoms with E-state index in [2.05, 4.69) is 42.2 Å². The maximum atomic E-state index is 9.83. The van der Waals surface area contributed by atoms with Gasteiger partial charge in [0.25, 0.3) is 0 Å². The number of piperidine rings is 1. The molecule has 0 aliphatic carbocycles. The Morgan fingerprint density at radius 1 is 1.31 bits per heavy atom. The van der Waals surface area contributed by atoms with Gasteiger partial charge in [0.05, 0.1) is 6.10 Å². The number of likely N-dealkylation sites (tertiary alicyclic amines) is 1. The van der Waals surface area contributed by atoms with E-state index in [1.807, 2.05) is 0 Å². The molecule has 1 aliphatic heterocycles. The molecule has 1 aromatic rings. The molecule has 16 heavy (non-hydrogen) atoms. The molecule has 0 aromatic heterocycles. The van der Waals surface area contributed by atoms with Crippen LogP contribution in [0.4, 0.5) is 0 Å². The second-order valence-electron chi connectivity index (χ2n) is 4.75. The first kappa shape index (κ1) is 11.6. The maximum absolute atomic E-state index is 9.83. The molecule has 1 N–H and O–H groups in total. The molecule has 0 amide bonds. The molecule has 2 atom stereocenters. The highest BCUT2D eigenvalue weighted by Crippen LogP contribution is 2.21. The predicted octanol–water partition coefficient (Wildman–Crippen LogP) is 2.28. The average Bonchev–Trinajstić information content (AvgIpc) is 2.33. The third kappa shape index (κ3) is 2.83. The molecule has 2 nitrogen and oxygen atoms in total. The van der Waals surface area contributed by atoms with Gasteiger partial charge in [0.15, 0.2) is 0 Å². The quantitative estimate of drug-likeness (QED) is 0.843. The Hall–Kier alpha value is -0.860. The molecule has 1 saturated heterocycles. The van der Waals surface area contributed by atoms with Crippen molar-refractivity contribution in [2.24, 2.45) is 5.92 Å². The minimum atomic E-state index is -0.0861. The number of rotatable bonds is 3. The molecule has 0 spiro atoms. The van der Waals surface area contributed by atoms with Crippen LogP contribution in [0.1, 0.15) is 25.3 Å². The third-order valence-corrected chi connectivity index (χ3v) is 3.55. The minimum absolute atomic E-state index is 0.0861. The van der Waals surface area contributed by atoms with E-state index >= 15 is 0 Å². The number of nitrogens with zero attached hydrogens (tertiary/aromatic N) is 1. The van der Waals surface area contributed by atoms with E-state index in [4.69, 9.17) is 0 Å². The summed E-state index contributed by atoms with van der Waals surface area (Å²) >= 11 is 0. The van der Waals surface area contributed by atoms with E-state index in [-0.39, 0.29) is 6.10 Å². The fourth-order valence-electron chi connectivity index (χ4n) is 2.48. The molecule has 1 aromatic carbocycles. The van der Waals surface area contributed by atoms with Gasteiger partial charge >= 0.3 is 0 Å². The lowest BCUT2D eigenvalue weighted by Gasteiger charge is -2.35. The van der Waals surface area contributed by atoms with Gasteiger partial charge in [-0.25, -0.2) is 0 Å². The van der Waals surface area contributed by atoms with Gasteiger partial charge in [-0.15, -0.1) is 0 Å². The Morgan fingerprint density at radius 3 is 2.75 bits per heavy atom. The summed E-state index contributed by atoms with van der Waals surface area (Å²) in [6.45, 7) is 5.24. The van der Waals surface area contributed by atoms with Crippen molar-refractivity contribution in [1.29, 1.82) is 0 Å². The van der Waals surface area contributed by atoms with Crippen molar-refractivity contribution in [1.82, 2.24) is 4.90 Å². The Kier molecular flexibility index (Phi) is 3.97. The zero-order valence-corrected chi connectivity index (χ0v) is 9.97. The smallest absolute Gasteiger partial charge is 0.0592 e. The van der Waals surface area contributed by atoms with Gasteiger partial charge < -0.3 is 5.11 Å². The Morgan fingerprint density at radius 2 is 2.06 bits per heavy atom. The second kappa shape index (κ2) is 5.46. The van der Waals surface area contributed by atoms with Crippen molar-refractivity contribution >= 4 is 0 Å². The van der Waals surface area contributed by atoms with E-state index in [0.717, 1.165) is 32.5 Å². The predicted molar refractivity (Wildman–Crippen MR) is 66.1 cm³/mol. The molecule has 2 heteroatoms. The van der Waals surface area contributed by atoms with Gasteiger partial charge in [-0.2, -0.15) is 0 Å². The van der Waals surface area contributed by atoms with Crippen LogP contribution in [0.2, 0.25) is 0 Å². The molecule has 1 heterocycles. The second-order valence-corrected chi connectivity index (χ2v) is 4.75. The van der Waals surface area contributed by atoms with E-state index in [1.165, 1.54) is 5.56 Å². The lowest BCUT2D eigenvalue weighted by Crippen LogP contribution is -2.42. The number of aliphatic hydroxyl groups excluding tert-OH is 1. The highest BCUT2D eigenvalue weighted by atomic mass is 16.3. The van der Waals surface area contributed by atoms with Crippen LogP contribution in [-0.4, -0.2) is 29.2 Å². The van der Waals surface area contributed by atoms with Gasteiger partial charge in [0.2, 0.25) is 0 Å². The largest absolute Gasteiger partial charge is 0.393 e. The summed E-state index contributed by atoms with van der Waals surface area (Å²) in [6, 6.07) is 10.6. The van der Waals surface area contributed by atoms with Gasteiger partial charge in [-0.3, -0.25) is 4.90 Å². The number of hydrogen-bond donors (Lipinski definition) is 1. The fraction of sp³-hybridized carbons (Fsp3) is 0.571. The number of aliphatic hydroxyl groups is 1. The molecule has 1 aliphatic rings. The fourth-order valence-corrected chi connectivity index (χ4v) is 2.48. The summed E-state index contributed by atoms with van der Waals surface area (Å²) in [5.41, 5.74) is 1.37. The van der Waals surface area contributed by atoms with Crippen LogP contribution in [0.3, 0.4) is 0 Å². The van der Waals surface area contributed by atoms with Crippen LogP contribution in [0.15, 0.2) is 30.3 Å². The number of hydrogen-bond acceptors (Lipinski definition) is 2. The summed E-state index contributed by atoms with van der Waals surface area (Å²) in [7, 11) is 0. The van der Waals surface area contributed by atoms with Gasteiger partial charge in [0.1, 0.15) is 0 Å². The van der Waals surface area contributed by atoms with Crippen LogP contribution in [0.5, 0.6) is 0 Å². The lowest BCUT2D eigenvalue weighted by atomic mass is 9.92. The normalized spacial score (nSPS) is 26.9. The maximum Gasteiger partial charge on any atom is 0.0592 e. The summed E-state index contributed by atoms with van der Waals surface area (Å²) < 4.78 is 0. The van der Waals surface area contributed by atoms with Crippen molar-refractivity contribution in [3.05, 3.63) is 35.9 Å². The van der Waals surface area contributed by atoms with Crippen molar-refractivity contribution in [3.63, 3.8) is 0 Å². The highest BCUT2D eigenvalue weighted by molar-refractivity contribution is 5.14. The monoisotopic (exact) mass is 219 g/mol. The summed E-state index contributed by atoms with van der Waals surface area (Å²) in [5.74, 6) is 0.456. The standard InChI is InChI=1S/C14H21NO/c1-2-13-11-15(9-8-14(13)16)10-12-6-4-3-5-7-12/h3-7,13-14,16H,2,8-11H2,1H3. The molecule has 2 unspecified atom stereocenters. The van der Waals surface area contributed by atoms with Crippen LogP contribution in [0, 0.1) is 5.92 Å². The van der Waals surface area contributed by atoms with E-state index in [1.54, 1.807) is 0 Å². The van der Waals surface area contributed by atoms with E-state index in [9.17, 15) is 5.11 Å². The molecule has 2 rings (SSSR count). The first-order chi connectivity index (χ1) is 7.79. The van der Waals surface area contributed by atoms with Crippen molar-refractivity contribution < 1.29 is 5.11 Å². The average molecular weight is 219 g/mol.